The number of benzene rings is 2. The SMILES string of the molecule is CC(C)N(C)S(=O)(=O)c1ccc(C(=O)Nc2ccc3c(c2)OCCO3)cc1. The lowest BCUT2D eigenvalue weighted by Gasteiger charge is -2.21. The van der Waals surface area contributed by atoms with Gasteiger partial charge in [0.25, 0.3) is 5.91 Å². The summed E-state index contributed by atoms with van der Waals surface area (Å²) in [5, 5.41) is 2.77. The number of rotatable bonds is 5. The summed E-state index contributed by atoms with van der Waals surface area (Å²) in [5.74, 6) is 0.883. The van der Waals surface area contributed by atoms with E-state index in [1.165, 1.54) is 35.6 Å². The summed E-state index contributed by atoms with van der Waals surface area (Å²) in [4.78, 5) is 12.6. The Morgan fingerprint density at radius 1 is 1.04 bits per heavy atom. The van der Waals surface area contributed by atoms with Crippen molar-refractivity contribution in [2.24, 2.45) is 0 Å². The molecular formula is C19H22N2O5S. The monoisotopic (exact) mass is 390 g/mol. The van der Waals surface area contributed by atoms with Gasteiger partial charge in [0.15, 0.2) is 11.5 Å². The van der Waals surface area contributed by atoms with Gasteiger partial charge in [-0.3, -0.25) is 4.79 Å². The molecule has 0 bridgehead atoms. The molecule has 0 atom stereocenters. The molecule has 27 heavy (non-hydrogen) atoms. The summed E-state index contributed by atoms with van der Waals surface area (Å²) in [6.07, 6.45) is 0. The third-order valence-corrected chi connectivity index (χ3v) is 6.37. The maximum Gasteiger partial charge on any atom is 0.255 e. The Bertz CT molecular complexity index is 939. The molecule has 3 rings (SSSR count). The number of hydrogen-bond acceptors (Lipinski definition) is 5. The van der Waals surface area contributed by atoms with E-state index in [0.717, 1.165) is 0 Å². The molecule has 1 amide bonds. The van der Waals surface area contributed by atoms with E-state index < -0.39 is 10.0 Å². The van der Waals surface area contributed by atoms with Gasteiger partial charge in [0.2, 0.25) is 10.0 Å². The molecule has 0 saturated carbocycles. The van der Waals surface area contributed by atoms with Gasteiger partial charge in [-0.15, -0.1) is 0 Å². The number of fused-ring (bicyclic) bond motifs is 1. The van der Waals surface area contributed by atoms with Crippen molar-refractivity contribution in [3.05, 3.63) is 48.0 Å². The largest absolute Gasteiger partial charge is 0.486 e. The van der Waals surface area contributed by atoms with Gasteiger partial charge in [-0.2, -0.15) is 4.31 Å². The van der Waals surface area contributed by atoms with Crippen LogP contribution in [0, 0.1) is 0 Å². The first-order valence-electron chi connectivity index (χ1n) is 8.58. The highest BCUT2D eigenvalue weighted by Gasteiger charge is 2.23. The van der Waals surface area contributed by atoms with Gasteiger partial charge in [0.05, 0.1) is 4.90 Å². The molecule has 2 aromatic rings. The van der Waals surface area contributed by atoms with Crippen molar-refractivity contribution in [3.63, 3.8) is 0 Å². The normalized spacial score (nSPS) is 13.7. The summed E-state index contributed by atoms with van der Waals surface area (Å²) < 4.78 is 37.2. The second-order valence-electron chi connectivity index (χ2n) is 6.45. The second-order valence-corrected chi connectivity index (χ2v) is 8.45. The molecule has 1 aliphatic rings. The van der Waals surface area contributed by atoms with Crippen LogP contribution in [0.3, 0.4) is 0 Å². The van der Waals surface area contributed by atoms with E-state index >= 15 is 0 Å². The number of sulfonamides is 1. The average molecular weight is 390 g/mol. The quantitative estimate of drug-likeness (QED) is 0.849. The maximum absolute atomic E-state index is 12.5. The van der Waals surface area contributed by atoms with E-state index in [4.69, 9.17) is 9.47 Å². The Hall–Kier alpha value is -2.58. The first-order valence-corrected chi connectivity index (χ1v) is 10.0. The van der Waals surface area contributed by atoms with Crippen molar-refractivity contribution in [2.75, 3.05) is 25.6 Å². The average Bonchev–Trinajstić information content (AvgIpc) is 2.67. The topological polar surface area (TPSA) is 84.9 Å². The number of carbonyl (C=O) groups is 1. The van der Waals surface area contributed by atoms with Gasteiger partial charge >= 0.3 is 0 Å². The number of ether oxygens (including phenoxy) is 2. The molecular weight excluding hydrogens is 368 g/mol. The van der Waals surface area contributed by atoms with Crippen molar-refractivity contribution >= 4 is 21.6 Å². The number of nitrogens with one attached hydrogen (secondary N) is 1. The highest BCUT2D eigenvalue weighted by atomic mass is 32.2. The molecule has 1 heterocycles. The smallest absolute Gasteiger partial charge is 0.255 e. The van der Waals surface area contributed by atoms with E-state index in [0.29, 0.717) is 36.0 Å². The number of hydrogen-bond donors (Lipinski definition) is 1. The number of anilines is 1. The van der Waals surface area contributed by atoms with Gasteiger partial charge in [-0.1, -0.05) is 0 Å². The van der Waals surface area contributed by atoms with Crippen LogP contribution in [0.5, 0.6) is 11.5 Å². The molecule has 0 spiro atoms. The lowest BCUT2D eigenvalue weighted by Crippen LogP contribution is -2.33. The Kier molecular flexibility index (Phi) is 5.38. The molecule has 7 nitrogen and oxygen atoms in total. The summed E-state index contributed by atoms with van der Waals surface area (Å²) in [5.41, 5.74) is 0.927. The van der Waals surface area contributed by atoms with Crippen LogP contribution in [0.4, 0.5) is 5.69 Å². The Morgan fingerprint density at radius 3 is 2.30 bits per heavy atom. The maximum atomic E-state index is 12.5. The predicted octanol–water partition coefficient (Wildman–Crippen LogP) is 2.74. The van der Waals surface area contributed by atoms with Crippen molar-refractivity contribution in [2.45, 2.75) is 24.8 Å². The number of nitrogens with zero attached hydrogens (tertiary/aromatic N) is 1. The van der Waals surface area contributed by atoms with Crippen molar-refractivity contribution in [1.82, 2.24) is 4.31 Å². The van der Waals surface area contributed by atoms with E-state index in [9.17, 15) is 13.2 Å². The molecule has 144 valence electrons. The van der Waals surface area contributed by atoms with E-state index in [-0.39, 0.29) is 16.8 Å². The van der Waals surface area contributed by atoms with Crippen LogP contribution >= 0.6 is 0 Å². The van der Waals surface area contributed by atoms with Crippen molar-refractivity contribution in [1.29, 1.82) is 0 Å². The lowest BCUT2D eigenvalue weighted by molar-refractivity contribution is 0.102. The summed E-state index contributed by atoms with van der Waals surface area (Å²) >= 11 is 0. The molecule has 1 N–H and O–H groups in total. The van der Waals surface area contributed by atoms with Crippen LogP contribution < -0.4 is 14.8 Å². The highest BCUT2D eigenvalue weighted by Crippen LogP contribution is 2.32. The van der Waals surface area contributed by atoms with Crippen LogP contribution in [0.25, 0.3) is 0 Å². The minimum atomic E-state index is -3.58. The van der Waals surface area contributed by atoms with Crippen LogP contribution in [0.2, 0.25) is 0 Å². The highest BCUT2D eigenvalue weighted by molar-refractivity contribution is 7.89. The fraction of sp³-hybridized carbons (Fsp3) is 0.316. The standard InChI is InChI=1S/C19H22N2O5S/c1-13(2)21(3)27(23,24)16-7-4-14(5-8-16)19(22)20-15-6-9-17-18(12-15)26-11-10-25-17/h4-9,12-13H,10-11H2,1-3H3,(H,20,22). The van der Waals surface area contributed by atoms with Gasteiger partial charge < -0.3 is 14.8 Å². The first kappa shape index (κ1) is 19.2. The van der Waals surface area contributed by atoms with Crippen LogP contribution in [0.15, 0.2) is 47.4 Å². The fourth-order valence-electron chi connectivity index (χ4n) is 2.55. The minimum absolute atomic E-state index is 0.148. The Balaban J connectivity index is 1.74. The van der Waals surface area contributed by atoms with E-state index in [1.807, 2.05) is 0 Å². The van der Waals surface area contributed by atoms with Crippen LogP contribution in [0.1, 0.15) is 24.2 Å². The zero-order valence-electron chi connectivity index (χ0n) is 15.4. The molecule has 0 fully saturated rings. The van der Waals surface area contributed by atoms with Crippen LogP contribution in [-0.2, 0) is 10.0 Å². The van der Waals surface area contributed by atoms with E-state index in [2.05, 4.69) is 5.32 Å². The number of carbonyl (C=O) groups excluding carboxylic acids is 1. The third kappa shape index (κ3) is 4.06. The molecule has 8 heteroatoms. The second kappa shape index (κ2) is 7.58. The first-order chi connectivity index (χ1) is 12.8. The third-order valence-electron chi connectivity index (χ3n) is 4.32. The lowest BCUT2D eigenvalue weighted by atomic mass is 10.2. The molecule has 0 aromatic heterocycles. The van der Waals surface area contributed by atoms with Crippen molar-refractivity contribution < 1.29 is 22.7 Å². The molecule has 1 aliphatic heterocycles. The molecule has 0 saturated heterocycles. The Labute approximate surface area is 158 Å². The molecule has 0 aliphatic carbocycles. The van der Waals surface area contributed by atoms with Gasteiger partial charge in [0, 0.05) is 30.4 Å². The Morgan fingerprint density at radius 2 is 1.67 bits per heavy atom. The fourth-order valence-corrected chi connectivity index (χ4v) is 3.91. The zero-order valence-corrected chi connectivity index (χ0v) is 16.2. The molecule has 0 radical (unpaired) electrons. The van der Waals surface area contributed by atoms with Crippen molar-refractivity contribution in [3.8, 4) is 11.5 Å². The number of amides is 1. The zero-order chi connectivity index (χ0) is 19.6. The molecule has 0 unspecified atom stereocenters. The van der Waals surface area contributed by atoms with Gasteiger partial charge in [0.1, 0.15) is 13.2 Å². The van der Waals surface area contributed by atoms with Gasteiger partial charge in [-0.25, -0.2) is 8.42 Å². The summed E-state index contributed by atoms with van der Waals surface area (Å²) in [6, 6.07) is 10.9. The summed E-state index contributed by atoms with van der Waals surface area (Å²) in [6.45, 7) is 4.56. The minimum Gasteiger partial charge on any atom is -0.486 e. The van der Waals surface area contributed by atoms with Crippen LogP contribution in [-0.4, -0.2) is 44.9 Å². The summed E-state index contributed by atoms with van der Waals surface area (Å²) in [7, 11) is -2.05. The van der Waals surface area contributed by atoms with Gasteiger partial charge in [-0.05, 0) is 50.2 Å². The van der Waals surface area contributed by atoms with E-state index in [1.54, 1.807) is 32.0 Å². The molecule has 2 aromatic carbocycles. The predicted molar refractivity (Wildman–Crippen MR) is 102 cm³/mol.